The van der Waals surface area contributed by atoms with Crippen molar-refractivity contribution in [2.45, 2.75) is 13.0 Å². The Labute approximate surface area is 110 Å². The molecule has 92 valence electrons. The third-order valence-electron chi connectivity index (χ3n) is 2.94. The third-order valence-corrected chi connectivity index (χ3v) is 3.43. The van der Waals surface area contributed by atoms with Gasteiger partial charge in [-0.1, -0.05) is 15.9 Å². The van der Waals surface area contributed by atoms with Crippen molar-refractivity contribution in [1.82, 2.24) is 14.8 Å². The van der Waals surface area contributed by atoms with Crippen LogP contribution in [0.25, 0.3) is 0 Å². The maximum absolute atomic E-state index is 10.7. The third kappa shape index (κ3) is 3.78. The molecule has 2 rings (SSSR count). The number of aromatic nitrogens is 1. The fourth-order valence-electron chi connectivity index (χ4n) is 2.02. The summed E-state index contributed by atoms with van der Waals surface area (Å²) >= 11 is 3.45. The highest BCUT2D eigenvalue weighted by Gasteiger charge is 2.13. The van der Waals surface area contributed by atoms with Crippen molar-refractivity contribution < 1.29 is 4.79 Å². The number of pyridine rings is 1. The Morgan fingerprint density at radius 3 is 3.00 bits per heavy atom. The van der Waals surface area contributed by atoms with E-state index in [1.165, 1.54) is 0 Å². The highest BCUT2D eigenvalue weighted by molar-refractivity contribution is 9.10. The van der Waals surface area contributed by atoms with Gasteiger partial charge in [-0.25, -0.2) is 0 Å². The Morgan fingerprint density at radius 2 is 2.24 bits per heavy atom. The lowest BCUT2D eigenvalue weighted by molar-refractivity contribution is -0.118. The van der Waals surface area contributed by atoms with E-state index in [0.29, 0.717) is 0 Å². The van der Waals surface area contributed by atoms with E-state index in [-0.39, 0.29) is 0 Å². The van der Waals surface area contributed by atoms with E-state index in [1.54, 1.807) is 0 Å². The van der Waals surface area contributed by atoms with Gasteiger partial charge in [0.15, 0.2) is 0 Å². The molecule has 1 aromatic heterocycles. The molecular weight excluding hydrogens is 282 g/mol. The highest BCUT2D eigenvalue weighted by Crippen LogP contribution is 2.12. The van der Waals surface area contributed by atoms with Gasteiger partial charge in [-0.15, -0.1) is 0 Å². The molecular formula is C12H16BrN3O. The maximum Gasteiger partial charge on any atom is 0.209 e. The van der Waals surface area contributed by atoms with Gasteiger partial charge in [-0.05, 0) is 18.6 Å². The molecule has 5 heteroatoms. The Morgan fingerprint density at radius 1 is 1.35 bits per heavy atom. The summed E-state index contributed by atoms with van der Waals surface area (Å²) in [5.74, 6) is 0. The van der Waals surface area contributed by atoms with E-state index in [1.807, 2.05) is 23.2 Å². The summed E-state index contributed by atoms with van der Waals surface area (Å²) in [4.78, 5) is 19.2. The van der Waals surface area contributed by atoms with Crippen molar-refractivity contribution in [2.75, 3.05) is 26.2 Å². The zero-order chi connectivity index (χ0) is 12.1. The lowest BCUT2D eigenvalue weighted by Crippen LogP contribution is -2.29. The van der Waals surface area contributed by atoms with E-state index in [0.717, 1.165) is 55.7 Å². The average Bonchev–Trinajstić information content (AvgIpc) is 2.54. The Bertz CT molecular complexity index is 386. The van der Waals surface area contributed by atoms with Crippen LogP contribution in [0.15, 0.2) is 22.8 Å². The minimum atomic E-state index is 0.817. The zero-order valence-electron chi connectivity index (χ0n) is 9.68. The number of halogens is 1. The molecule has 0 aliphatic carbocycles. The fourth-order valence-corrected chi connectivity index (χ4v) is 2.40. The summed E-state index contributed by atoms with van der Waals surface area (Å²) in [6.45, 7) is 4.49. The molecule has 0 unspecified atom stereocenters. The molecule has 0 atom stereocenters. The summed E-state index contributed by atoms with van der Waals surface area (Å²) < 4.78 is 1.06. The van der Waals surface area contributed by atoms with Crippen molar-refractivity contribution >= 4 is 22.3 Å². The normalized spacial score (nSPS) is 17.8. The molecule has 2 heterocycles. The van der Waals surface area contributed by atoms with Crippen LogP contribution in [0.5, 0.6) is 0 Å². The first-order valence-electron chi connectivity index (χ1n) is 5.80. The van der Waals surface area contributed by atoms with Crippen LogP contribution < -0.4 is 0 Å². The fraction of sp³-hybridized carbons (Fsp3) is 0.500. The summed E-state index contributed by atoms with van der Waals surface area (Å²) in [6.07, 6.45) is 3.79. The number of carbonyl (C=O) groups is 1. The molecule has 1 aliphatic rings. The van der Waals surface area contributed by atoms with E-state index in [4.69, 9.17) is 0 Å². The Kier molecular flexibility index (Phi) is 4.50. The molecule has 0 N–H and O–H groups in total. The van der Waals surface area contributed by atoms with Gasteiger partial charge in [0.1, 0.15) is 0 Å². The molecule has 0 saturated carbocycles. The van der Waals surface area contributed by atoms with Crippen molar-refractivity contribution in [1.29, 1.82) is 0 Å². The first kappa shape index (κ1) is 12.5. The van der Waals surface area contributed by atoms with Gasteiger partial charge in [0.25, 0.3) is 0 Å². The molecule has 1 aliphatic heterocycles. The van der Waals surface area contributed by atoms with E-state index >= 15 is 0 Å². The van der Waals surface area contributed by atoms with E-state index in [9.17, 15) is 4.79 Å². The molecule has 0 aromatic carbocycles. The SMILES string of the molecule is O=CN1CCCN(Cc2cc(Br)ccn2)CC1. The Hall–Kier alpha value is -0.940. The molecule has 1 saturated heterocycles. The lowest BCUT2D eigenvalue weighted by atomic mass is 10.3. The maximum atomic E-state index is 10.7. The predicted octanol–water partition coefficient (Wildman–Crippen LogP) is 1.51. The highest BCUT2D eigenvalue weighted by atomic mass is 79.9. The minimum Gasteiger partial charge on any atom is -0.344 e. The van der Waals surface area contributed by atoms with Gasteiger partial charge >= 0.3 is 0 Å². The summed E-state index contributed by atoms with van der Waals surface area (Å²) in [5, 5.41) is 0. The number of hydrogen-bond donors (Lipinski definition) is 0. The number of amides is 1. The first-order valence-corrected chi connectivity index (χ1v) is 6.59. The van der Waals surface area contributed by atoms with Crippen molar-refractivity contribution in [3.05, 3.63) is 28.5 Å². The van der Waals surface area contributed by atoms with Crippen LogP contribution in [-0.2, 0) is 11.3 Å². The molecule has 1 amide bonds. The van der Waals surface area contributed by atoms with Crippen LogP contribution in [0.1, 0.15) is 12.1 Å². The van der Waals surface area contributed by atoms with Crippen LogP contribution >= 0.6 is 15.9 Å². The second-order valence-electron chi connectivity index (χ2n) is 4.24. The molecule has 4 nitrogen and oxygen atoms in total. The molecule has 1 aromatic rings. The van der Waals surface area contributed by atoms with Crippen LogP contribution in [-0.4, -0.2) is 47.4 Å². The number of carbonyl (C=O) groups excluding carboxylic acids is 1. The van der Waals surface area contributed by atoms with Crippen molar-refractivity contribution in [3.63, 3.8) is 0 Å². The smallest absolute Gasteiger partial charge is 0.209 e. The van der Waals surface area contributed by atoms with Crippen LogP contribution in [0.2, 0.25) is 0 Å². The largest absolute Gasteiger partial charge is 0.344 e. The van der Waals surface area contributed by atoms with E-state index in [2.05, 4.69) is 25.8 Å². The molecule has 0 spiro atoms. The first-order chi connectivity index (χ1) is 8.28. The van der Waals surface area contributed by atoms with Crippen LogP contribution in [0, 0.1) is 0 Å². The van der Waals surface area contributed by atoms with Crippen LogP contribution in [0.4, 0.5) is 0 Å². The van der Waals surface area contributed by atoms with Gasteiger partial charge < -0.3 is 4.90 Å². The monoisotopic (exact) mass is 297 g/mol. The standard InChI is InChI=1S/C12H16BrN3O/c13-11-2-3-14-12(8-11)9-15-4-1-5-16(10-17)7-6-15/h2-3,8,10H,1,4-7,9H2. The van der Waals surface area contributed by atoms with Crippen LogP contribution in [0.3, 0.4) is 0 Å². The lowest BCUT2D eigenvalue weighted by Gasteiger charge is -2.19. The van der Waals surface area contributed by atoms with Gasteiger partial charge in [0.2, 0.25) is 6.41 Å². The summed E-state index contributed by atoms with van der Waals surface area (Å²) in [6, 6.07) is 3.97. The number of nitrogens with zero attached hydrogens (tertiary/aromatic N) is 3. The number of rotatable bonds is 3. The summed E-state index contributed by atoms with van der Waals surface area (Å²) in [7, 11) is 0. The zero-order valence-corrected chi connectivity index (χ0v) is 11.3. The average molecular weight is 298 g/mol. The van der Waals surface area contributed by atoms with E-state index < -0.39 is 0 Å². The molecule has 17 heavy (non-hydrogen) atoms. The molecule has 0 bridgehead atoms. The van der Waals surface area contributed by atoms with Gasteiger partial charge in [0.05, 0.1) is 5.69 Å². The summed E-state index contributed by atoms with van der Waals surface area (Å²) in [5.41, 5.74) is 1.07. The Balaban J connectivity index is 1.93. The molecule has 0 radical (unpaired) electrons. The van der Waals surface area contributed by atoms with Crippen molar-refractivity contribution in [3.8, 4) is 0 Å². The number of hydrogen-bond acceptors (Lipinski definition) is 3. The van der Waals surface area contributed by atoms with Gasteiger partial charge in [-0.3, -0.25) is 14.7 Å². The molecule has 1 fully saturated rings. The minimum absolute atomic E-state index is 0.817. The topological polar surface area (TPSA) is 36.4 Å². The second-order valence-corrected chi connectivity index (χ2v) is 5.15. The second kappa shape index (κ2) is 6.12. The quantitative estimate of drug-likeness (QED) is 0.794. The van der Waals surface area contributed by atoms with Gasteiger partial charge in [0, 0.05) is 43.4 Å². The van der Waals surface area contributed by atoms with Gasteiger partial charge in [-0.2, -0.15) is 0 Å². The predicted molar refractivity (Wildman–Crippen MR) is 69.5 cm³/mol. The van der Waals surface area contributed by atoms with Crippen molar-refractivity contribution in [2.24, 2.45) is 0 Å².